The third kappa shape index (κ3) is 3.76. The van der Waals surface area contributed by atoms with Crippen molar-refractivity contribution in [2.75, 3.05) is 13.1 Å². The molecule has 132 valence electrons. The van der Waals surface area contributed by atoms with E-state index in [-0.39, 0.29) is 5.91 Å². The summed E-state index contributed by atoms with van der Waals surface area (Å²) in [7, 11) is 0. The lowest BCUT2D eigenvalue weighted by Gasteiger charge is -2.32. The molecule has 2 heterocycles. The van der Waals surface area contributed by atoms with Crippen LogP contribution >= 0.6 is 11.3 Å². The van der Waals surface area contributed by atoms with E-state index in [0.29, 0.717) is 11.5 Å². The van der Waals surface area contributed by atoms with E-state index in [4.69, 9.17) is 0 Å². The van der Waals surface area contributed by atoms with Gasteiger partial charge >= 0.3 is 5.97 Å². The molecule has 1 aliphatic heterocycles. The van der Waals surface area contributed by atoms with Crippen molar-refractivity contribution < 1.29 is 14.7 Å². The minimum atomic E-state index is -0.869. The second kappa shape index (κ2) is 7.40. The highest BCUT2D eigenvalue weighted by Crippen LogP contribution is 2.27. The maximum absolute atomic E-state index is 12.7. The number of aryl methyl sites for hydroxylation is 1. The molecule has 25 heavy (non-hydrogen) atoms. The Morgan fingerprint density at radius 1 is 1.16 bits per heavy atom. The smallest absolute Gasteiger partial charge is 0.335 e. The molecule has 0 saturated carbocycles. The van der Waals surface area contributed by atoms with Crippen molar-refractivity contribution in [3.05, 3.63) is 56.8 Å². The quantitative estimate of drug-likeness (QED) is 0.894. The minimum Gasteiger partial charge on any atom is -0.478 e. The number of rotatable bonds is 4. The predicted molar refractivity (Wildman–Crippen MR) is 99.5 cm³/mol. The van der Waals surface area contributed by atoms with Crippen molar-refractivity contribution in [2.45, 2.75) is 33.1 Å². The zero-order valence-corrected chi connectivity index (χ0v) is 15.4. The monoisotopic (exact) mass is 357 g/mol. The number of carboxylic acids is 1. The first-order chi connectivity index (χ1) is 12.0. The first-order valence-corrected chi connectivity index (χ1v) is 9.50. The lowest BCUT2D eigenvalue weighted by atomic mass is 9.88. The lowest BCUT2D eigenvalue weighted by Crippen LogP contribution is -2.39. The zero-order valence-electron chi connectivity index (χ0n) is 14.6. The van der Waals surface area contributed by atoms with Crippen LogP contribution in [0.15, 0.2) is 29.6 Å². The van der Waals surface area contributed by atoms with Gasteiger partial charge < -0.3 is 10.0 Å². The summed E-state index contributed by atoms with van der Waals surface area (Å²) >= 11 is 1.63. The van der Waals surface area contributed by atoms with Crippen molar-refractivity contribution in [3.8, 4) is 0 Å². The number of likely N-dealkylation sites (tertiary alicyclic amines) is 1. The first-order valence-electron chi connectivity index (χ1n) is 8.62. The van der Waals surface area contributed by atoms with E-state index < -0.39 is 5.97 Å². The molecule has 0 radical (unpaired) electrons. The van der Waals surface area contributed by atoms with Crippen molar-refractivity contribution >= 4 is 23.2 Å². The number of amides is 1. The number of piperidine rings is 1. The molecule has 2 aromatic rings. The number of benzene rings is 1. The fourth-order valence-electron chi connectivity index (χ4n) is 3.45. The third-order valence-electron chi connectivity index (χ3n) is 5.17. The van der Waals surface area contributed by atoms with E-state index in [1.165, 1.54) is 4.88 Å². The Morgan fingerprint density at radius 2 is 1.84 bits per heavy atom. The highest BCUT2D eigenvalue weighted by atomic mass is 32.1. The van der Waals surface area contributed by atoms with Gasteiger partial charge in [-0.15, -0.1) is 11.3 Å². The van der Waals surface area contributed by atoms with Crippen LogP contribution in [0.2, 0.25) is 0 Å². The normalized spacial score (nSPS) is 15.4. The standard InChI is InChI=1S/C20H23NO3S/c1-13-14(2)25-12-18(13)19(22)21-9-7-15(8-10-21)11-16-5-3-4-6-17(16)20(23)24/h3-6,12,15H,7-11H2,1-2H3,(H,23,24). The van der Waals surface area contributed by atoms with Gasteiger partial charge in [0.25, 0.3) is 5.91 Å². The largest absolute Gasteiger partial charge is 0.478 e. The Morgan fingerprint density at radius 3 is 2.44 bits per heavy atom. The molecule has 1 fully saturated rings. The van der Waals surface area contributed by atoms with Crippen molar-refractivity contribution in [1.29, 1.82) is 0 Å². The average Bonchev–Trinajstić information content (AvgIpc) is 2.94. The van der Waals surface area contributed by atoms with Crippen molar-refractivity contribution in [1.82, 2.24) is 4.90 Å². The van der Waals surface area contributed by atoms with Gasteiger partial charge in [0, 0.05) is 23.3 Å². The van der Waals surface area contributed by atoms with E-state index in [0.717, 1.165) is 49.0 Å². The van der Waals surface area contributed by atoms with Gasteiger partial charge in [-0.25, -0.2) is 4.79 Å². The number of hydrogen-bond acceptors (Lipinski definition) is 3. The fourth-order valence-corrected chi connectivity index (χ4v) is 4.31. The molecule has 0 aliphatic carbocycles. The third-order valence-corrected chi connectivity index (χ3v) is 6.19. The van der Waals surface area contributed by atoms with E-state index in [1.54, 1.807) is 23.5 Å². The Kier molecular flexibility index (Phi) is 5.23. The van der Waals surface area contributed by atoms with Crippen LogP contribution in [0.1, 0.15) is 49.6 Å². The Bertz CT molecular complexity index is 788. The summed E-state index contributed by atoms with van der Waals surface area (Å²) in [6.07, 6.45) is 2.60. The average molecular weight is 357 g/mol. The number of carbonyl (C=O) groups is 2. The lowest BCUT2D eigenvalue weighted by molar-refractivity contribution is 0.0690. The van der Waals surface area contributed by atoms with E-state index in [2.05, 4.69) is 0 Å². The predicted octanol–water partition coefficient (Wildman–Crippen LogP) is 4.16. The number of carbonyl (C=O) groups excluding carboxylic acids is 1. The van der Waals surface area contributed by atoms with Crippen LogP contribution in [0.3, 0.4) is 0 Å². The summed E-state index contributed by atoms with van der Waals surface area (Å²) in [5, 5.41) is 11.3. The molecule has 1 aromatic carbocycles. The molecule has 4 nitrogen and oxygen atoms in total. The number of thiophene rings is 1. The van der Waals surface area contributed by atoms with Gasteiger partial charge in [-0.05, 0) is 56.2 Å². The SMILES string of the molecule is Cc1scc(C(=O)N2CCC(Cc3ccccc3C(=O)O)CC2)c1C. The van der Waals surface area contributed by atoms with Crippen LogP contribution in [-0.2, 0) is 6.42 Å². The maximum atomic E-state index is 12.7. The van der Waals surface area contributed by atoms with Crippen molar-refractivity contribution in [3.63, 3.8) is 0 Å². The summed E-state index contributed by atoms with van der Waals surface area (Å²) in [6.45, 7) is 5.54. The summed E-state index contributed by atoms with van der Waals surface area (Å²) in [4.78, 5) is 27.2. The second-order valence-electron chi connectivity index (χ2n) is 6.73. The molecule has 0 bridgehead atoms. The zero-order chi connectivity index (χ0) is 18.0. The number of hydrogen-bond donors (Lipinski definition) is 1. The highest BCUT2D eigenvalue weighted by molar-refractivity contribution is 7.10. The van der Waals surface area contributed by atoms with Gasteiger partial charge in [0.05, 0.1) is 11.1 Å². The Labute approximate surface area is 152 Å². The number of aromatic carboxylic acids is 1. The van der Waals surface area contributed by atoms with Crippen LogP contribution < -0.4 is 0 Å². The first kappa shape index (κ1) is 17.7. The number of nitrogens with zero attached hydrogens (tertiary/aromatic N) is 1. The van der Waals surface area contributed by atoms with E-state index in [9.17, 15) is 14.7 Å². The van der Waals surface area contributed by atoms with Crippen LogP contribution in [-0.4, -0.2) is 35.0 Å². The molecule has 1 saturated heterocycles. The van der Waals surface area contributed by atoms with Gasteiger partial charge in [-0.1, -0.05) is 18.2 Å². The van der Waals surface area contributed by atoms with Gasteiger partial charge in [0.2, 0.25) is 0 Å². The summed E-state index contributed by atoms with van der Waals surface area (Å²) in [5.41, 5.74) is 3.21. The molecular weight excluding hydrogens is 334 g/mol. The van der Waals surface area contributed by atoms with Gasteiger partial charge in [0.1, 0.15) is 0 Å². The molecule has 1 amide bonds. The Balaban J connectivity index is 1.62. The molecule has 0 unspecified atom stereocenters. The van der Waals surface area contributed by atoms with E-state index in [1.807, 2.05) is 36.3 Å². The van der Waals surface area contributed by atoms with Crippen LogP contribution in [0, 0.1) is 19.8 Å². The fraction of sp³-hybridized carbons (Fsp3) is 0.400. The Hall–Kier alpha value is -2.14. The highest BCUT2D eigenvalue weighted by Gasteiger charge is 2.26. The van der Waals surface area contributed by atoms with Gasteiger partial charge in [-0.3, -0.25) is 4.79 Å². The molecule has 5 heteroatoms. The minimum absolute atomic E-state index is 0.131. The maximum Gasteiger partial charge on any atom is 0.335 e. The molecule has 3 rings (SSSR count). The van der Waals surface area contributed by atoms with Crippen molar-refractivity contribution in [2.24, 2.45) is 5.92 Å². The van der Waals surface area contributed by atoms with Crippen LogP contribution in [0.4, 0.5) is 0 Å². The van der Waals surface area contributed by atoms with Crippen LogP contribution in [0.25, 0.3) is 0 Å². The molecule has 1 aromatic heterocycles. The number of carboxylic acid groups (broad SMARTS) is 1. The summed E-state index contributed by atoms with van der Waals surface area (Å²) in [5.74, 6) is -0.312. The summed E-state index contributed by atoms with van der Waals surface area (Å²) in [6, 6.07) is 7.22. The molecule has 0 atom stereocenters. The molecule has 0 spiro atoms. The van der Waals surface area contributed by atoms with Gasteiger partial charge in [0.15, 0.2) is 0 Å². The molecular formula is C20H23NO3S. The molecule has 1 aliphatic rings. The van der Waals surface area contributed by atoms with Crippen LogP contribution in [0.5, 0.6) is 0 Å². The topological polar surface area (TPSA) is 57.6 Å². The molecule has 1 N–H and O–H groups in total. The summed E-state index contributed by atoms with van der Waals surface area (Å²) < 4.78 is 0. The van der Waals surface area contributed by atoms with Gasteiger partial charge in [-0.2, -0.15) is 0 Å². The van der Waals surface area contributed by atoms with E-state index >= 15 is 0 Å². The second-order valence-corrected chi connectivity index (χ2v) is 7.82.